The molecule has 0 bridgehead atoms. The van der Waals surface area contributed by atoms with Crippen molar-refractivity contribution in [3.8, 4) is 67.5 Å². The van der Waals surface area contributed by atoms with Crippen molar-refractivity contribution in [3.63, 3.8) is 0 Å². The lowest BCUT2D eigenvalue weighted by molar-refractivity contribution is 0.670. The zero-order valence-electron chi connectivity index (χ0n) is 30.8. The monoisotopic (exact) mass is 727 g/mol. The molecule has 57 heavy (non-hydrogen) atoms. The van der Waals surface area contributed by atoms with E-state index in [1.165, 1.54) is 11.1 Å². The molecule has 0 spiro atoms. The van der Waals surface area contributed by atoms with E-state index < -0.39 is 0 Å². The number of nitrogens with zero attached hydrogens (tertiary/aromatic N) is 3. The number of hydrogen-bond acceptors (Lipinski definition) is 4. The average Bonchev–Trinajstić information content (AvgIpc) is 3.68. The molecule has 4 nitrogen and oxygen atoms in total. The molecule has 0 fully saturated rings. The van der Waals surface area contributed by atoms with E-state index in [1.54, 1.807) is 0 Å². The van der Waals surface area contributed by atoms with Crippen LogP contribution < -0.4 is 0 Å². The van der Waals surface area contributed by atoms with Gasteiger partial charge >= 0.3 is 0 Å². The van der Waals surface area contributed by atoms with Gasteiger partial charge in [-0.1, -0.05) is 176 Å². The maximum absolute atomic E-state index is 6.39. The first-order chi connectivity index (χ1) is 28.2. The molecule has 2 aromatic heterocycles. The number of aromatic nitrogens is 3. The van der Waals surface area contributed by atoms with Gasteiger partial charge in [0.1, 0.15) is 11.2 Å². The molecule has 0 aliphatic heterocycles. The third kappa shape index (κ3) is 5.74. The van der Waals surface area contributed by atoms with Crippen molar-refractivity contribution in [2.45, 2.75) is 0 Å². The van der Waals surface area contributed by atoms with Crippen LogP contribution in [0.25, 0.3) is 111 Å². The van der Waals surface area contributed by atoms with Crippen LogP contribution in [0.1, 0.15) is 0 Å². The lowest BCUT2D eigenvalue weighted by atomic mass is 9.94. The lowest BCUT2D eigenvalue weighted by Gasteiger charge is -2.14. The van der Waals surface area contributed by atoms with Crippen LogP contribution in [-0.4, -0.2) is 15.0 Å². The van der Waals surface area contributed by atoms with Crippen molar-refractivity contribution in [1.82, 2.24) is 15.0 Å². The zero-order chi connectivity index (χ0) is 37.7. The molecular weight excluding hydrogens is 695 g/mol. The Morgan fingerprint density at radius 1 is 0.281 bits per heavy atom. The summed E-state index contributed by atoms with van der Waals surface area (Å²) in [5.74, 6) is 1.87. The number of para-hydroxylation sites is 2. The van der Waals surface area contributed by atoms with E-state index in [9.17, 15) is 0 Å². The minimum atomic E-state index is 0.618. The van der Waals surface area contributed by atoms with Crippen molar-refractivity contribution in [3.05, 3.63) is 200 Å². The summed E-state index contributed by atoms with van der Waals surface area (Å²) in [7, 11) is 0. The van der Waals surface area contributed by atoms with E-state index in [-0.39, 0.29) is 0 Å². The summed E-state index contributed by atoms with van der Waals surface area (Å²) >= 11 is 0. The molecule has 2 heterocycles. The van der Waals surface area contributed by atoms with Crippen molar-refractivity contribution in [2.75, 3.05) is 0 Å². The van der Waals surface area contributed by atoms with Gasteiger partial charge in [-0.05, 0) is 73.6 Å². The van der Waals surface area contributed by atoms with E-state index in [4.69, 9.17) is 19.4 Å². The van der Waals surface area contributed by atoms with Gasteiger partial charge in [-0.25, -0.2) is 15.0 Å². The molecule has 0 radical (unpaired) electrons. The van der Waals surface area contributed by atoms with E-state index in [2.05, 4.69) is 182 Å². The van der Waals surface area contributed by atoms with E-state index >= 15 is 0 Å². The normalized spacial score (nSPS) is 11.5. The van der Waals surface area contributed by atoms with Gasteiger partial charge in [-0.15, -0.1) is 0 Å². The standard InChI is InChI=1S/C53H33N3O/c1-3-14-34(15-4-1)40-18-7-10-22-47(40)52-54-51(55-53(56-52)48-31-30-41(35-16-5-2-6-17-35)43-19-8-9-20-44(43)48)39-29-27-36-32-38(28-26-37(36)33-39)42-23-13-24-46-45-21-11-12-25-49(45)57-50(42)46/h1-33H. The number of fused-ring (bicyclic) bond motifs is 5. The Bertz CT molecular complexity index is 3300. The molecule has 4 heteroatoms. The maximum Gasteiger partial charge on any atom is 0.164 e. The molecule has 266 valence electrons. The first-order valence-corrected chi connectivity index (χ1v) is 19.2. The fourth-order valence-electron chi connectivity index (χ4n) is 8.18. The van der Waals surface area contributed by atoms with Crippen LogP contribution in [0.3, 0.4) is 0 Å². The Kier molecular flexibility index (Phi) is 7.78. The van der Waals surface area contributed by atoms with Crippen molar-refractivity contribution in [1.29, 1.82) is 0 Å². The Balaban J connectivity index is 1.07. The molecule has 11 aromatic rings. The summed E-state index contributed by atoms with van der Waals surface area (Å²) in [5, 5.41) is 6.70. The molecule has 11 rings (SSSR count). The Labute approximate surface area is 329 Å². The second-order valence-electron chi connectivity index (χ2n) is 14.3. The summed E-state index contributed by atoms with van der Waals surface area (Å²) in [4.78, 5) is 15.7. The second kappa shape index (κ2) is 13.6. The van der Waals surface area contributed by atoms with Crippen LogP contribution in [0.4, 0.5) is 0 Å². The third-order valence-electron chi connectivity index (χ3n) is 11.0. The molecule has 9 aromatic carbocycles. The minimum Gasteiger partial charge on any atom is -0.455 e. The first-order valence-electron chi connectivity index (χ1n) is 19.2. The van der Waals surface area contributed by atoms with Gasteiger partial charge in [0.15, 0.2) is 17.5 Å². The highest BCUT2D eigenvalue weighted by Crippen LogP contribution is 2.39. The molecule has 0 saturated carbocycles. The largest absolute Gasteiger partial charge is 0.455 e. The number of rotatable bonds is 6. The summed E-state index contributed by atoms with van der Waals surface area (Å²) < 4.78 is 6.39. The fraction of sp³-hybridized carbons (Fsp3) is 0. The highest BCUT2D eigenvalue weighted by atomic mass is 16.3. The smallest absolute Gasteiger partial charge is 0.164 e. The van der Waals surface area contributed by atoms with Crippen molar-refractivity contribution < 1.29 is 4.42 Å². The number of hydrogen-bond donors (Lipinski definition) is 0. The molecule has 0 amide bonds. The van der Waals surface area contributed by atoms with Crippen LogP contribution in [0.15, 0.2) is 205 Å². The molecule has 0 N–H and O–H groups in total. The van der Waals surface area contributed by atoms with Crippen LogP contribution >= 0.6 is 0 Å². The van der Waals surface area contributed by atoms with E-state index in [0.717, 1.165) is 82.4 Å². The van der Waals surface area contributed by atoms with Crippen molar-refractivity contribution in [2.24, 2.45) is 0 Å². The van der Waals surface area contributed by atoms with Crippen LogP contribution in [0.5, 0.6) is 0 Å². The van der Waals surface area contributed by atoms with Crippen molar-refractivity contribution >= 4 is 43.5 Å². The third-order valence-corrected chi connectivity index (χ3v) is 11.0. The van der Waals surface area contributed by atoms with Gasteiger partial charge in [0.05, 0.1) is 0 Å². The van der Waals surface area contributed by atoms with E-state index in [0.29, 0.717) is 17.5 Å². The average molecular weight is 728 g/mol. The summed E-state index contributed by atoms with van der Waals surface area (Å²) in [5.41, 5.74) is 11.3. The molecule has 0 atom stereocenters. The maximum atomic E-state index is 6.39. The predicted molar refractivity (Wildman–Crippen MR) is 235 cm³/mol. The molecule has 0 aliphatic carbocycles. The molecule has 0 aliphatic rings. The minimum absolute atomic E-state index is 0.618. The highest BCUT2D eigenvalue weighted by molar-refractivity contribution is 6.10. The quantitative estimate of drug-likeness (QED) is 0.171. The van der Waals surface area contributed by atoms with Gasteiger partial charge in [0.2, 0.25) is 0 Å². The summed E-state index contributed by atoms with van der Waals surface area (Å²) in [6, 6.07) is 69.8. The Morgan fingerprint density at radius 2 is 0.789 bits per heavy atom. The number of furan rings is 1. The van der Waals surface area contributed by atoms with Gasteiger partial charge in [0.25, 0.3) is 0 Å². The van der Waals surface area contributed by atoms with Gasteiger partial charge in [0, 0.05) is 33.0 Å². The Morgan fingerprint density at radius 3 is 1.54 bits per heavy atom. The lowest BCUT2D eigenvalue weighted by Crippen LogP contribution is -2.01. The van der Waals surface area contributed by atoms with Gasteiger partial charge in [-0.2, -0.15) is 0 Å². The second-order valence-corrected chi connectivity index (χ2v) is 14.3. The zero-order valence-corrected chi connectivity index (χ0v) is 30.8. The first kappa shape index (κ1) is 32.7. The topological polar surface area (TPSA) is 51.8 Å². The predicted octanol–water partition coefficient (Wildman–Crippen LogP) is 14.1. The summed E-state index contributed by atoms with van der Waals surface area (Å²) in [6.45, 7) is 0. The molecule has 0 saturated heterocycles. The number of benzene rings is 9. The van der Waals surface area contributed by atoms with Crippen LogP contribution in [0, 0.1) is 0 Å². The van der Waals surface area contributed by atoms with Gasteiger partial charge in [-0.3, -0.25) is 0 Å². The highest BCUT2D eigenvalue weighted by Gasteiger charge is 2.19. The molecular formula is C53H33N3O. The van der Waals surface area contributed by atoms with Crippen LogP contribution in [0.2, 0.25) is 0 Å². The van der Waals surface area contributed by atoms with Gasteiger partial charge < -0.3 is 4.42 Å². The Hall–Kier alpha value is -7.69. The summed E-state index contributed by atoms with van der Waals surface area (Å²) in [6.07, 6.45) is 0. The fourth-order valence-corrected chi connectivity index (χ4v) is 8.18. The van der Waals surface area contributed by atoms with Crippen LogP contribution in [-0.2, 0) is 0 Å². The molecule has 0 unspecified atom stereocenters. The van der Waals surface area contributed by atoms with E-state index in [1.807, 2.05) is 18.2 Å². The SMILES string of the molecule is c1ccc(-c2ccccc2-c2nc(-c3ccc4cc(-c5cccc6c5oc5ccccc56)ccc4c3)nc(-c3ccc(-c4ccccc4)c4ccccc34)n2)cc1.